The summed E-state index contributed by atoms with van der Waals surface area (Å²) < 4.78 is 34.0. The van der Waals surface area contributed by atoms with Gasteiger partial charge < -0.3 is 35.9 Å². The van der Waals surface area contributed by atoms with Crippen LogP contribution >= 0.6 is 0 Å². The van der Waals surface area contributed by atoms with E-state index < -0.39 is 0 Å². The van der Waals surface area contributed by atoms with Crippen molar-refractivity contribution in [3.05, 3.63) is 436 Å². The van der Waals surface area contributed by atoms with Gasteiger partial charge in [-0.05, 0) is 174 Å². The third-order valence-electron chi connectivity index (χ3n) is 26.0. The third kappa shape index (κ3) is 13.1. The summed E-state index contributed by atoms with van der Waals surface area (Å²) in [6.45, 7) is 0. The highest BCUT2D eigenvalue weighted by atomic mass is 16.3. The summed E-state index contributed by atoms with van der Waals surface area (Å²) in [6.07, 6.45) is 8.42. The van der Waals surface area contributed by atoms with Crippen LogP contribution in [0.5, 0.6) is 0 Å². The lowest BCUT2D eigenvalue weighted by Crippen LogP contribution is -1.98. The predicted octanol–water partition coefficient (Wildman–Crippen LogP) is 30.5. The summed E-state index contributed by atoms with van der Waals surface area (Å²) in [7, 11) is 0. The van der Waals surface area contributed by atoms with Crippen LogP contribution in [-0.4, -0.2) is 38.2 Å². The van der Waals surface area contributed by atoms with Crippen LogP contribution in [0.25, 0.3) is 242 Å². The number of rotatable bonds is 8. The topological polar surface area (TPSA) is 219 Å². The fourth-order valence-corrected chi connectivity index (χ4v) is 20.0. The first-order valence-electron chi connectivity index (χ1n) is 44.5. The molecule has 136 heavy (non-hydrogen) atoms. The molecule has 0 bridgehead atoms. The van der Waals surface area contributed by atoms with Gasteiger partial charge in [-0.25, -0.2) is 9.97 Å². The molecule has 28 rings (SSSR count). The Hall–Kier alpha value is -19.5. The number of para-hydroxylation sites is 9. The maximum Gasteiger partial charge on any atom is 0.141 e. The van der Waals surface area contributed by atoms with E-state index in [0.717, 1.165) is 199 Å². The molecule has 16 nitrogen and oxygen atoms in total. The Morgan fingerprint density at radius 3 is 1.04 bits per heavy atom. The summed E-state index contributed by atoms with van der Waals surface area (Å²) in [5.41, 5.74) is 29.3. The molecule has 0 amide bonds. The number of fused-ring (bicyclic) bond motifs is 24. The molecule has 0 aliphatic carbocycles. The minimum atomic E-state index is 0.401. The van der Waals surface area contributed by atoms with Crippen LogP contribution in [0, 0.1) is 45.3 Å². The van der Waals surface area contributed by atoms with Crippen molar-refractivity contribution < 1.29 is 17.7 Å². The molecule has 12 heterocycles. The van der Waals surface area contributed by atoms with Crippen LogP contribution < -0.4 is 0 Å². The van der Waals surface area contributed by atoms with Crippen molar-refractivity contribution in [2.24, 2.45) is 0 Å². The Kier molecular flexibility index (Phi) is 18.7. The van der Waals surface area contributed by atoms with Gasteiger partial charge in [0.1, 0.15) is 74.3 Å². The molecule has 0 unspecified atom stereocenters. The van der Waals surface area contributed by atoms with E-state index in [1.807, 2.05) is 140 Å². The normalized spacial score (nSPS) is 11.5. The lowest BCUT2D eigenvalue weighted by molar-refractivity contribution is 0.669. The first-order valence-corrected chi connectivity index (χ1v) is 44.5. The second kappa shape index (κ2) is 32.3. The standard InChI is InChI=1S/4C30H17N3O/c31-18-19-8-7-12-25(32-19)22-11-2-5-14-27(22)33-26-13-4-1-9-20(26)23-16-24-21-10-3-6-15-29(21)34-30(24)17-28(23)33;31-18-21-14-20(12-13-32-21)19-6-5-7-22(15-19)33-27-10-3-1-8-23(27)25-16-26-24-9-2-4-11-29(24)34-30(26)17-28(25)33;31-17-20-18-32-13-12-22(20)19-6-5-7-21(14-19)33-27-10-3-1-8-23(27)25-15-26-24-9-2-4-11-29(24)34-30(26)16-28(25)33;31-17-20-12-13-32-18-26(20)19-6-5-7-21(14-19)33-27-10-3-1-8-22(27)24-15-25-23-9-2-4-11-29(23)34-30(25)16-28(24)33/h2*1-17H;2*1-16,18H. The zero-order chi connectivity index (χ0) is 90.6. The Morgan fingerprint density at radius 2 is 0.581 bits per heavy atom. The highest BCUT2D eigenvalue weighted by Gasteiger charge is 2.25. The molecule has 632 valence electrons. The van der Waals surface area contributed by atoms with Crippen LogP contribution in [0.15, 0.2) is 431 Å². The summed E-state index contributed by atoms with van der Waals surface area (Å²) in [6, 6.07) is 139. The first-order chi connectivity index (χ1) is 67.2. The van der Waals surface area contributed by atoms with Crippen molar-refractivity contribution in [3.63, 3.8) is 0 Å². The average Bonchev–Trinajstić information content (AvgIpc) is 1.58. The zero-order valence-corrected chi connectivity index (χ0v) is 72.3. The van der Waals surface area contributed by atoms with Crippen LogP contribution in [0.4, 0.5) is 0 Å². The zero-order valence-electron chi connectivity index (χ0n) is 72.3. The number of hydrogen-bond acceptors (Lipinski definition) is 12. The van der Waals surface area contributed by atoms with E-state index in [4.69, 9.17) is 17.7 Å². The van der Waals surface area contributed by atoms with Gasteiger partial charge >= 0.3 is 0 Å². The van der Waals surface area contributed by atoms with Crippen molar-refractivity contribution in [2.45, 2.75) is 0 Å². The molecule has 16 aromatic carbocycles. The number of pyridine rings is 4. The van der Waals surface area contributed by atoms with Gasteiger partial charge in [0.05, 0.1) is 72.7 Å². The molecule has 0 saturated carbocycles. The van der Waals surface area contributed by atoms with Gasteiger partial charge in [0.2, 0.25) is 0 Å². The van der Waals surface area contributed by atoms with Gasteiger partial charge in [0.15, 0.2) is 0 Å². The Balaban J connectivity index is 0.0000000965. The summed E-state index contributed by atoms with van der Waals surface area (Å²) in [4.78, 5) is 17.0. The van der Waals surface area contributed by atoms with E-state index >= 15 is 0 Å². The van der Waals surface area contributed by atoms with Gasteiger partial charge in [-0.1, -0.05) is 206 Å². The van der Waals surface area contributed by atoms with Crippen molar-refractivity contribution in [1.82, 2.24) is 38.2 Å². The molecular weight excluding hydrogens is 1670 g/mol. The summed E-state index contributed by atoms with van der Waals surface area (Å²) in [5.74, 6) is 0. The average molecular weight is 1740 g/mol. The molecule has 16 heteroatoms. The fraction of sp³-hybridized carbons (Fsp3) is 0. The van der Waals surface area contributed by atoms with Gasteiger partial charge in [-0.15, -0.1) is 0 Å². The predicted molar refractivity (Wildman–Crippen MR) is 544 cm³/mol. The monoisotopic (exact) mass is 1740 g/mol. The van der Waals surface area contributed by atoms with Crippen LogP contribution in [-0.2, 0) is 0 Å². The maximum absolute atomic E-state index is 9.58. The molecule has 28 aromatic rings. The van der Waals surface area contributed by atoms with E-state index in [9.17, 15) is 21.0 Å². The number of benzene rings is 16. The van der Waals surface area contributed by atoms with Gasteiger partial charge in [0.25, 0.3) is 0 Å². The number of hydrogen-bond donors (Lipinski definition) is 0. The molecule has 0 saturated heterocycles. The molecule has 0 N–H and O–H groups in total. The highest BCUT2D eigenvalue weighted by Crippen LogP contribution is 2.46. The first kappa shape index (κ1) is 78.7. The molecule has 0 fully saturated rings. The minimum Gasteiger partial charge on any atom is -0.456 e. The van der Waals surface area contributed by atoms with Gasteiger partial charge in [-0.3, -0.25) is 9.97 Å². The SMILES string of the molecule is N#Cc1cc(-c2cccc(-n3c4ccccc4c4cc5c(cc43)oc3ccccc35)c2)ccn1.N#Cc1cccc(-c2ccccc2-n2c3ccccc3c3cc4c(cc32)oc2ccccc24)n1.N#Cc1ccncc1-c1cccc(-n2c3ccccc3c3cc4c(cc32)oc2ccccc24)c1.N#Cc1cnccc1-c1cccc(-n2c3ccccc3c3cc4c(cc32)oc2ccccc24)c1. The Morgan fingerprint density at radius 1 is 0.213 bits per heavy atom. The molecular formula is C120H68N12O4. The van der Waals surface area contributed by atoms with E-state index in [1.54, 1.807) is 43.1 Å². The molecule has 0 aliphatic rings. The molecule has 0 spiro atoms. The lowest BCUT2D eigenvalue weighted by Gasteiger charge is -2.13. The van der Waals surface area contributed by atoms with E-state index in [2.05, 4.69) is 293 Å². The second-order valence-corrected chi connectivity index (χ2v) is 33.6. The van der Waals surface area contributed by atoms with Crippen molar-refractivity contribution in [1.29, 1.82) is 21.0 Å². The maximum atomic E-state index is 9.58. The van der Waals surface area contributed by atoms with E-state index in [-0.39, 0.29) is 0 Å². The van der Waals surface area contributed by atoms with E-state index in [1.165, 1.54) is 43.1 Å². The molecule has 0 aliphatic heterocycles. The van der Waals surface area contributed by atoms with Gasteiger partial charge in [0, 0.05) is 175 Å². The third-order valence-corrected chi connectivity index (χ3v) is 26.0. The fourth-order valence-electron chi connectivity index (χ4n) is 20.0. The number of nitriles is 4. The number of furan rings is 4. The van der Waals surface area contributed by atoms with Crippen LogP contribution in [0.1, 0.15) is 22.5 Å². The smallest absolute Gasteiger partial charge is 0.141 e. The number of aromatic nitrogens is 8. The quantitative estimate of drug-likeness (QED) is 0.139. The van der Waals surface area contributed by atoms with E-state index in [0.29, 0.717) is 22.5 Å². The van der Waals surface area contributed by atoms with Crippen molar-refractivity contribution in [3.8, 4) is 91.7 Å². The second-order valence-electron chi connectivity index (χ2n) is 33.6. The molecule has 0 radical (unpaired) electrons. The molecule has 0 atom stereocenters. The van der Waals surface area contributed by atoms with Crippen LogP contribution in [0.3, 0.4) is 0 Å². The summed E-state index contributed by atoms with van der Waals surface area (Å²) >= 11 is 0. The summed E-state index contributed by atoms with van der Waals surface area (Å²) in [5, 5.41) is 56.3. The Labute approximate surface area is 774 Å². The number of nitrogens with zero attached hydrogens (tertiary/aromatic N) is 12. The lowest BCUT2D eigenvalue weighted by atomic mass is 10.0. The van der Waals surface area contributed by atoms with Crippen molar-refractivity contribution in [2.75, 3.05) is 0 Å². The molecule has 12 aromatic heterocycles. The van der Waals surface area contributed by atoms with Crippen LogP contribution in [0.2, 0.25) is 0 Å². The Bertz CT molecular complexity index is 9730. The minimum absolute atomic E-state index is 0.401. The van der Waals surface area contributed by atoms with Crippen molar-refractivity contribution >= 4 is 175 Å². The van der Waals surface area contributed by atoms with Gasteiger partial charge in [-0.2, -0.15) is 21.0 Å². The highest BCUT2D eigenvalue weighted by molar-refractivity contribution is 6.22. The largest absolute Gasteiger partial charge is 0.456 e.